The highest BCUT2D eigenvalue weighted by Gasteiger charge is 2.18. The van der Waals surface area contributed by atoms with Crippen LogP contribution in [0.5, 0.6) is 5.75 Å². The van der Waals surface area contributed by atoms with Crippen molar-refractivity contribution in [3.63, 3.8) is 0 Å². The molecule has 0 saturated heterocycles. The van der Waals surface area contributed by atoms with Crippen molar-refractivity contribution >= 4 is 51.4 Å². The number of benzene rings is 3. The van der Waals surface area contributed by atoms with Gasteiger partial charge >= 0.3 is 0 Å². The second-order valence-electron chi connectivity index (χ2n) is 7.13. The number of ether oxygens (including phenoxy) is 1. The van der Waals surface area contributed by atoms with Crippen LogP contribution in [0.15, 0.2) is 60.7 Å². The van der Waals surface area contributed by atoms with E-state index in [9.17, 15) is 24.1 Å². The van der Waals surface area contributed by atoms with Gasteiger partial charge in [-0.15, -0.1) is 0 Å². The number of amides is 2. The number of methoxy groups -OCH3 is 1. The largest absolute Gasteiger partial charge is 0.495 e. The fraction of sp³-hybridized carbons (Fsp3) is 0.0435. The number of halogens is 2. The third-order valence-corrected chi connectivity index (χ3v) is 5.19. The number of para-hydroxylation sites is 1. The van der Waals surface area contributed by atoms with Gasteiger partial charge in [-0.1, -0.05) is 23.7 Å². The normalized spacial score (nSPS) is 10.7. The number of carbonyl (C=O) groups excluding carboxylic acids is 2. The maximum Gasteiger partial charge on any atom is 0.293 e. The van der Waals surface area contributed by atoms with Gasteiger partial charge in [0, 0.05) is 22.2 Å². The van der Waals surface area contributed by atoms with Gasteiger partial charge in [0.15, 0.2) is 0 Å². The van der Waals surface area contributed by atoms with Crippen LogP contribution in [0, 0.1) is 15.9 Å². The zero-order valence-electron chi connectivity index (χ0n) is 17.5. The molecule has 1 heterocycles. The van der Waals surface area contributed by atoms with Gasteiger partial charge in [0.2, 0.25) is 0 Å². The van der Waals surface area contributed by atoms with Crippen LogP contribution in [0.1, 0.15) is 20.8 Å². The Bertz CT molecular complexity index is 1450. The van der Waals surface area contributed by atoms with Crippen molar-refractivity contribution in [3.05, 3.63) is 92.9 Å². The lowest BCUT2D eigenvalue weighted by Crippen LogP contribution is -2.16. The van der Waals surface area contributed by atoms with E-state index in [0.717, 1.165) is 6.07 Å². The summed E-state index contributed by atoms with van der Waals surface area (Å²) < 4.78 is 19.4. The topological polar surface area (TPSA) is 126 Å². The molecular formula is C23H16ClFN4O5. The molecule has 0 spiro atoms. The first-order valence-corrected chi connectivity index (χ1v) is 10.2. The van der Waals surface area contributed by atoms with E-state index in [1.54, 1.807) is 12.1 Å². The number of rotatable bonds is 6. The smallest absolute Gasteiger partial charge is 0.293 e. The molecule has 9 nitrogen and oxygen atoms in total. The molecule has 0 radical (unpaired) electrons. The third-order valence-electron chi connectivity index (χ3n) is 4.96. The molecule has 3 N–H and O–H groups in total. The summed E-state index contributed by atoms with van der Waals surface area (Å²) in [6, 6.07) is 14.2. The predicted molar refractivity (Wildman–Crippen MR) is 125 cm³/mol. The number of aromatic nitrogens is 1. The van der Waals surface area contributed by atoms with Crippen molar-refractivity contribution in [2.75, 3.05) is 17.7 Å². The Balaban J connectivity index is 1.58. The van der Waals surface area contributed by atoms with Crippen LogP contribution >= 0.6 is 11.6 Å². The van der Waals surface area contributed by atoms with Gasteiger partial charge in [-0.05, 0) is 42.5 Å². The molecule has 0 aliphatic carbocycles. The zero-order valence-corrected chi connectivity index (χ0v) is 18.3. The van der Waals surface area contributed by atoms with E-state index < -0.39 is 22.6 Å². The maximum atomic E-state index is 14.1. The molecule has 172 valence electrons. The predicted octanol–water partition coefficient (Wildman–Crippen LogP) is 5.38. The molecule has 0 unspecified atom stereocenters. The minimum absolute atomic E-state index is 0.105. The minimum atomic E-state index is -0.790. The SMILES string of the molecule is COc1ccc(NC(=O)c2cc3cccc([N+](=O)[O-])c3[nH]2)cc1NC(=O)c1ccc(Cl)cc1F. The lowest BCUT2D eigenvalue weighted by molar-refractivity contribution is -0.383. The van der Waals surface area contributed by atoms with Gasteiger partial charge in [-0.3, -0.25) is 19.7 Å². The Morgan fingerprint density at radius 2 is 1.85 bits per heavy atom. The van der Waals surface area contributed by atoms with E-state index in [2.05, 4.69) is 15.6 Å². The van der Waals surface area contributed by atoms with Crippen molar-refractivity contribution in [1.29, 1.82) is 0 Å². The summed E-state index contributed by atoms with van der Waals surface area (Å²) in [6.07, 6.45) is 0. The average molecular weight is 483 g/mol. The van der Waals surface area contributed by atoms with Crippen LogP contribution in [-0.4, -0.2) is 28.8 Å². The molecule has 2 amide bonds. The molecule has 0 aliphatic rings. The number of fused-ring (bicyclic) bond motifs is 1. The Kier molecular flexibility index (Phi) is 6.15. The molecule has 0 atom stereocenters. The van der Waals surface area contributed by atoms with Gasteiger partial charge in [0.05, 0.1) is 23.3 Å². The van der Waals surface area contributed by atoms with E-state index >= 15 is 0 Å². The summed E-state index contributed by atoms with van der Waals surface area (Å²) in [5.41, 5.74) is 0.443. The highest BCUT2D eigenvalue weighted by atomic mass is 35.5. The molecule has 1 aromatic heterocycles. The monoisotopic (exact) mass is 482 g/mol. The van der Waals surface area contributed by atoms with Crippen LogP contribution in [-0.2, 0) is 0 Å². The van der Waals surface area contributed by atoms with Gasteiger partial charge in [-0.2, -0.15) is 0 Å². The van der Waals surface area contributed by atoms with E-state index in [-0.39, 0.29) is 38.9 Å². The molecule has 0 fully saturated rings. The number of hydrogen-bond donors (Lipinski definition) is 3. The average Bonchev–Trinajstić information content (AvgIpc) is 3.23. The quantitative estimate of drug-likeness (QED) is 0.251. The molecule has 11 heteroatoms. The summed E-state index contributed by atoms with van der Waals surface area (Å²) >= 11 is 5.73. The number of anilines is 2. The van der Waals surface area contributed by atoms with Crippen molar-refractivity contribution < 1.29 is 23.6 Å². The summed E-state index contributed by atoms with van der Waals surface area (Å²) in [5.74, 6) is -1.81. The third kappa shape index (κ3) is 4.52. The zero-order chi connectivity index (χ0) is 24.4. The fourth-order valence-electron chi connectivity index (χ4n) is 3.36. The number of nitro benzene ring substituents is 1. The Labute approximate surface area is 196 Å². The first kappa shape index (κ1) is 22.7. The standard InChI is InChI=1S/C23H16ClFN4O5/c1-34-20-8-6-14(11-17(20)28-22(30)15-7-5-13(24)10-16(15)25)26-23(31)18-9-12-3-2-4-19(29(32)33)21(12)27-18/h2-11,27H,1H3,(H,26,31)(H,28,30). The van der Waals surface area contributed by atoms with Gasteiger partial charge < -0.3 is 20.4 Å². The second kappa shape index (κ2) is 9.20. The van der Waals surface area contributed by atoms with Gasteiger partial charge in [-0.25, -0.2) is 4.39 Å². The second-order valence-corrected chi connectivity index (χ2v) is 7.57. The molecular weight excluding hydrogens is 467 g/mol. The Morgan fingerprint density at radius 1 is 1.06 bits per heavy atom. The summed E-state index contributed by atoms with van der Waals surface area (Å²) in [4.78, 5) is 38.8. The van der Waals surface area contributed by atoms with Crippen LogP contribution in [0.3, 0.4) is 0 Å². The molecule has 4 aromatic rings. The van der Waals surface area contributed by atoms with E-state index in [0.29, 0.717) is 11.1 Å². The number of hydrogen-bond acceptors (Lipinski definition) is 5. The number of nitrogens with zero attached hydrogens (tertiary/aromatic N) is 1. The highest BCUT2D eigenvalue weighted by molar-refractivity contribution is 6.30. The first-order chi connectivity index (χ1) is 16.3. The number of aromatic amines is 1. The number of nitro groups is 1. The lowest BCUT2D eigenvalue weighted by Gasteiger charge is -2.13. The van der Waals surface area contributed by atoms with Crippen molar-refractivity contribution in [2.24, 2.45) is 0 Å². The molecule has 0 bridgehead atoms. The van der Waals surface area contributed by atoms with Crippen molar-refractivity contribution in [3.8, 4) is 5.75 Å². The molecule has 0 saturated carbocycles. The summed E-state index contributed by atoms with van der Waals surface area (Å²) in [7, 11) is 1.39. The molecule has 0 aliphatic heterocycles. The Hall–Kier alpha value is -4.44. The van der Waals surface area contributed by atoms with Crippen molar-refractivity contribution in [1.82, 2.24) is 4.98 Å². The molecule has 34 heavy (non-hydrogen) atoms. The van der Waals surface area contributed by atoms with Crippen LogP contribution in [0.4, 0.5) is 21.5 Å². The van der Waals surface area contributed by atoms with Gasteiger partial charge in [0.25, 0.3) is 17.5 Å². The Morgan fingerprint density at radius 3 is 2.56 bits per heavy atom. The number of nitrogens with one attached hydrogen (secondary N) is 3. The van der Waals surface area contributed by atoms with Crippen LogP contribution in [0.2, 0.25) is 5.02 Å². The van der Waals surface area contributed by atoms with E-state index in [1.165, 1.54) is 49.6 Å². The van der Waals surface area contributed by atoms with E-state index in [1.807, 2.05) is 0 Å². The van der Waals surface area contributed by atoms with Gasteiger partial charge in [0.1, 0.15) is 22.8 Å². The number of non-ortho nitro benzene ring substituents is 1. The highest BCUT2D eigenvalue weighted by Crippen LogP contribution is 2.30. The summed E-state index contributed by atoms with van der Waals surface area (Å²) in [6.45, 7) is 0. The first-order valence-electron chi connectivity index (χ1n) is 9.78. The number of carbonyl (C=O) groups is 2. The van der Waals surface area contributed by atoms with Crippen LogP contribution in [0.25, 0.3) is 10.9 Å². The summed E-state index contributed by atoms with van der Waals surface area (Å²) in [5, 5.41) is 17.1. The maximum absolute atomic E-state index is 14.1. The fourth-order valence-corrected chi connectivity index (χ4v) is 3.52. The molecule has 3 aromatic carbocycles. The van der Waals surface area contributed by atoms with Crippen molar-refractivity contribution in [2.45, 2.75) is 0 Å². The minimum Gasteiger partial charge on any atom is -0.495 e. The number of H-pyrrole nitrogens is 1. The lowest BCUT2D eigenvalue weighted by atomic mass is 10.2. The van der Waals surface area contributed by atoms with E-state index in [4.69, 9.17) is 16.3 Å². The van der Waals surface area contributed by atoms with Crippen LogP contribution < -0.4 is 15.4 Å². The molecule has 4 rings (SSSR count).